The molecule has 0 spiro atoms. The Bertz CT molecular complexity index is 522. The Balaban J connectivity index is 2.23. The van der Waals surface area contributed by atoms with Crippen LogP contribution in [0.15, 0.2) is 12.1 Å². The van der Waals surface area contributed by atoms with Crippen LogP contribution in [-0.4, -0.2) is 39.2 Å². The van der Waals surface area contributed by atoms with Crippen molar-refractivity contribution in [3.05, 3.63) is 32.8 Å². The van der Waals surface area contributed by atoms with Crippen molar-refractivity contribution in [1.82, 2.24) is 4.90 Å². The molecule has 2 rings (SSSR count). The van der Waals surface area contributed by atoms with Gasteiger partial charge in [-0.2, -0.15) is 0 Å². The number of aliphatic hydroxyl groups is 1. The molecule has 1 atom stereocenters. The summed E-state index contributed by atoms with van der Waals surface area (Å²) in [6.07, 6.45) is 3.82. The molecule has 0 amide bonds. The van der Waals surface area contributed by atoms with Gasteiger partial charge in [0.15, 0.2) is 5.75 Å². The number of phenolic OH excluding ortho intramolecular Hbond substituents is 1. The van der Waals surface area contributed by atoms with Crippen molar-refractivity contribution in [2.45, 2.75) is 38.3 Å². The number of phenols is 1. The Morgan fingerprint density at radius 2 is 2.19 bits per heavy atom. The summed E-state index contributed by atoms with van der Waals surface area (Å²) in [6, 6.07) is 2.96. The molecule has 0 bridgehead atoms. The molecule has 1 aliphatic rings. The number of nitrogens with zero attached hydrogens (tertiary/aromatic N) is 2. The maximum Gasteiger partial charge on any atom is 0.312 e. The zero-order valence-corrected chi connectivity index (χ0v) is 12.4. The number of halogens is 1. The van der Waals surface area contributed by atoms with Gasteiger partial charge >= 0.3 is 5.69 Å². The van der Waals surface area contributed by atoms with E-state index in [1.54, 1.807) is 6.07 Å². The van der Waals surface area contributed by atoms with Crippen LogP contribution in [0.5, 0.6) is 5.75 Å². The molecule has 7 heteroatoms. The monoisotopic (exact) mass is 314 g/mol. The second kappa shape index (κ2) is 7.06. The van der Waals surface area contributed by atoms with Crippen LogP contribution in [0.4, 0.5) is 5.69 Å². The van der Waals surface area contributed by atoms with Crippen LogP contribution >= 0.6 is 11.6 Å². The van der Waals surface area contributed by atoms with Gasteiger partial charge in [-0.1, -0.05) is 18.0 Å². The number of nitro groups is 1. The number of benzene rings is 1. The Morgan fingerprint density at radius 3 is 2.86 bits per heavy atom. The molecule has 1 saturated heterocycles. The SMILES string of the molecule is O=[N+]([O-])c1cc(Cl)cc(CN2CCCCC2CCO)c1O. The number of hydrogen-bond acceptors (Lipinski definition) is 5. The maximum atomic E-state index is 10.9. The summed E-state index contributed by atoms with van der Waals surface area (Å²) in [5, 5.41) is 30.4. The van der Waals surface area contributed by atoms with Crippen molar-refractivity contribution < 1.29 is 15.1 Å². The average molecular weight is 315 g/mol. The third-order valence-corrected chi connectivity index (χ3v) is 4.13. The minimum atomic E-state index is -0.633. The predicted molar refractivity (Wildman–Crippen MR) is 79.5 cm³/mol. The highest BCUT2D eigenvalue weighted by Gasteiger charge is 2.25. The van der Waals surface area contributed by atoms with Crippen molar-refractivity contribution in [3.8, 4) is 5.75 Å². The predicted octanol–water partition coefficient (Wildman–Crippen LogP) is 2.69. The summed E-state index contributed by atoms with van der Waals surface area (Å²) in [6.45, 7) is 1.37. The van der Waals surface area contributed by atoms with E-state index < -0.39 is 4.92 Å². The number of nitro benzene ring substituents is 1. The minimum absolute atomic E-state index is 0.114. The molecule has 1 fully saturated rings. The highest BCUT2D eigenvalue weighted by atomic mass is 35.5. The average Bonchev–Trinajstić information content (AvgIpc) is 2.44. The van der Waals surface area contributed by atoms with Gasteiger partial charge in [0.2, 0.25) is 0 Å². The molecule has 2 N–H and O–H groups in total. The number of aliphatic hydroxyl groups excluding tert-OH is 1. The summed E-state index contributed by atoms with van der Waals surface area (Å²) in [7, 11) is 0. The van der Waals surface area contributed by atoms with Crippen LogP contribution < -0.4 is 0 Å². The molecule has 0 radical (unpaired) electrons. The van der Waals surface area contributed by atoms with E-state index in [0.29, 0.717) is 18.5 Å². The van der Waals surface area contributed by atoms with Crippen molar-refractivity contribution in [1.29, 1.82) is 0 Å². The fraction of sp³-hybridized carbons (Fsp3) is 0.571. The van der Waals surface area contributed by atoms with Crippen LogP contribution in [0, 0.1) is 10.1 Å². The van der Waals surface area contributed by atoms with E-state index in [1.807, 2.05) is 0 Å². The highest BCUT2D eigenvalue weighted by Crippen LogP contribution is 2.35. The topological polar surface area (TPSA) is 86.8 Å². The minimum Gasteiger partial charge on any atom is -0.502 e. The van der Waals surface area contributed by atoms with Crippen LogP contribution in [-0.2, 0) is 6.54 Å². The first-order valence-electron chi connectivity index (χ1n) is 7.03. The summed E-state index contributed by atoms with van der Waals surface area (Å²) in [5.41, 5.74) is 0.0901. The molecule has 0 aliphatic carbocycles. The lowest BCUT2D eigenvalue weighted by molar-refractivity contribution is -0.385. The van der Waals surface area contributed by atoms with Crippen LogP contribution in [0.3, 0.4) is 0 Å². The van der Waals surface area contributed by atoms with Crippen LogP contribution in [0.2, 0.25) is 5.02 Å². The quantitative estimate of drug-likeness (QED) is 0.644. The first-order chi connectivity index (χ1) is 10.0. The zero-order valence-electron chi connectivity index (χ0n) is 11.7. The summed E-state index contributed by atoms with van der Waals surface area (Å²) in [5.74, 6) is -0.322. The molecule has 0 aromatic heterocycles. The second-order valence-electron chi connectivity index (χ2n) is 5.32. The van der Waals surface area contributed by atoms with Crippen molar-refractivity contribution in [3.63, 3.8) is 0 Å². The van der Waals surface area contributed by atoms with Crippen molar-refractivity contribution in [2.24, 2.45) is 0 Å². The Kier molecular flexibility index (Phi) is 5.39. The fourth-order valence-corrected chi connectivity index (χ4v) is 3.10. The van der Waals surface area contributed by atoms with Crippen molar-refractivity contribution >= 4 is 17.3 Å². The molecule has 1 aliphatic heterocycles. The molecular formula is C14H19ClN2O4. The molecule has 116 valence electrons. The Labute approximate surface area is 128 Å². The van der Waals surface area contributed by atoms with E-state index in [0.717, 1.165) is 31.9 Å². The van der Waals surface area contributed by atoms with Gasteiger partial charge < -0.3 is 10.2 Å². The van der Waals surface area contributed by atoms with Gasteiger partial charge in [0.25, 0.3) is 0 Å². The van der Waals surface area contributed by atoms with Gasteiger partial charge in [0.05, 0.1) is 4.92 Å². The molecule has 1 aromatic rings. The highest BCUT2D eigenvalue weighted by molar-refractivity contribution is 6.31. The van der Waals surface area contributed by atoms with Gasteiger partial charge in [0.1, 0.15) is 0 Å². The molecule has 21 heavy (non-hydrogen) atoms. The zero-order chi connectivity index (χ0) is 15.4. The molecule has 1 aromatic carbocycles. The van der Waals surface area contributed by atoms with Gasteiger partial charge in [0, 0.05) is 35.8 Å². The van der Waals surface area contributed by atoms with E-state index in [4.69, 9.17) is 16.7 Å². The van der Waals surface area contributed by atoms with Crippen molar-refractivity contribution in [2.75, 3.05) is 13.2 Å². The molecule has 1 unspecified atom stereocenters. The van der Waals surface area contributed by atoms with E-state index in [9.17, 15) is 15.2 Å². The standard InChI is InChI=1S/C14H19ClN2O4/c15-11-7-10(14(19)13(8-11)17(20)21)9-16-5-2-1-3-12(16)4-6-18/h7-8,12,18-19H,1-6,9H2. The lowest BCUT2D eigenvalue weighted by Gasteiger charge is -2.35. The first kappa shape index (κ1) is 16.0. The number of likely N-dealkylation sites (tertiary alicyclic amines) is 1. The molecular weight excluding hydrogens is 296 g/mol. The van der Waals surface area contributed by atoms with Gasteiger partial charge in [-0.15, -0.1) is 0 Å². The third-order valence-electron chi connectivity index (χ3n) is 3.92. The first-order valence-corrected chi connectivity index (χ1v) is 7.41. The lowest BCUT2D eigenvalue weighted by atomic mass is 9.98. The molecule has 6 nitrogen and oxygen atoms in total. The number of rotatable bonds is 5. The lowest BCUT2D eigenvalue weighted by Crippen LogP contribution is -2.39. The maximum absolute atomic E-state index is 10.9. The summed E-state index contributed by atoms with van der Waals surface area (Å²) < 4.78 is 0. The Morgan fingerprint density at radius 1 is 1.43 bits per heavy atom. The normalized spacial score (nSPS) is 19.6. The number of aromatic hydroxyl groups is 1. The van der Waals surface area contributed by atoms with Crippen LogP contribution in [0.25, 0.3) is 0 Å². The molecule has 0 saturated carbocycles. The third kappa shape index (κ3) is 3.84. The van der Waals surface area contributed by atoms with E-state index in [-0.39, 0.29) is 29.1 Å². The van der Waals surface area contributed by atoms with Crippen LogP contribution in [0.1, 0.15) is 31.2 Å². The van der Waals surface area contributed by atoms with Gasteiger partial charge in [-0.05, 0) is 31.9 Å². The molecule has 1 heterocycles. The van der Waals surface area contributed by atoms with Gasteiger partial charge in [-0.25, -0.2) is 0 Å². The second-order valence-corrected chi connectivity index (χ2v) is 5.76. The van der Waals surface area contributed by atoms with Gasteiger partial charge in [-0.3, -0.25) is 15.0 Å². The number of piperidine rings is 1. The summed E-state index contributed by atoms with van der Waals surface area (Å²) in [4.78, 5) is 12.4. The largest absolute Gasteiger partial charge is 0.502 e. The van der Waals surface area contributed by atoms with E-state index in [2.05, 4.69) is 4.90 Å². The smallest absolute Gasteiger partial charge is 0.312 e. The number of hydrogen-bond donors (Lipinski definition) is 2. The van der Waals surface area contributed by atoms with E-state index in [1.165, 1.54) is 0 Å². The van der Waals surface area contributed by atoms with E-state index >= 15 is 0 Å². The summed E-state index contributed by atoms with van der Waals surface area (Å²) >= 11 is 5.91. The Hall–Kier alpha value is -1.37. The fourth-order valence-electron chi connectivity index (χ4n) is 2.86.